The number of likely N-dealkylation sites (tertiary alicyclic amines) is 1. The van der Waals surface area contributed by atoms with Gasteiger partial charge < -0.3 is 0 Å². The van der Waals surface area contributed by atoms with E-state index in [1.54, 1.807) is 12.1 Å². The zero-order valence-electron chi connectivity index (χ0n) is 15.0. The number of benzene rings is 1. The second-order valence-electron chi connectivity index (χ2n) is 7.43. The fourth-order valence-corrected chi connectivity index (χ4v) is 3.64. The SMILES string of the molecule is CC(C)Cc1cc(CN2CCC[C@H](C(=O)c3ccc(Cl)cc3)C2)[nH]n1. The summed E-state index contributed by atoms with van der Waals surface area (Å²) in [5.74, 6) is 0.895. The first-order chi connectivity index (χ1) is 12.0. The second kappa shape index (κ2) is 8.15. The molecule has 2 heterocycles. The molecule has 0 bridgehead atoms. The summed E-state index contributed by atoms with van der Waals surface area (Å²) in [7, 11) is 0. The number of halogens is 1. The van der Waals surface area contributed by atoms with Crippen LogP contribution in [-0.4, -0.2) is 34.0 Å². The fraction of sp³-hybridized carbons (Fsp3) is 0.500. The van der Waals surface area contributed by atoms with Crippen molar-refractivity contribution in [3.05, 3.63) is 52.3 Å². The Balaban J connectivity index is 1.60. The number of hydrogen-bond donors (Lipinski definition) is 1. The van der Waals surface area contributed by atoms with Crippen LogP contribution in [0.1, 0.15) is 48.4 Å². The van der Waals surface area contributed by atoms with Crippen LogP contribution in [-0.2, 0) is 13.0 Å². The van der Waals surface area contributed by atoms with Crippen molar-refractivity contribution in [2.24, 2.45) is 11.8 Å². The lowest BCUT2D eigenvalue weighted by molar-refractivity contribution is 0.0810. The van der Waals surface area contributed by atoms with Crippen LogP contribution in [0.15, 0.2) is 30.3 Å². The molecule has 0 spiro atoms. The Bertz CT molecular complexity index is 708. The number of aromatic nitrogens is 2. The maximum Gasteiger partial charge on any atom is 0.167 e. The van der Waals surface area contributed by atoms with E-state index < -0.39 is 0 Å². The average Bonchev–Trinajstić information content (AvgIpc) is 3.01. The van der Waals surface area contributed by atoms with Crippen LogP contribution in [0.25, 0.3) is 0 Å². The zero-order chi connectivity index (χ0) is 17.8. The van der Waals surface area contributed by atoms with Gasteiger partial charge in [0.05, 0.1) is 5.69 Å². The van der Waals surface area contributed by atoms with Gasteiger partial charge in [-0.05, 0) is 62.1 Å². The monoisotopic (exact) mass is 359 g/mol. The van der Waals surface area contributed by atoms with Gasteiger partial charge in [0.25, 0.3) is 0 Å². The summed E-state index contributed by atoms with van der Waals surface area (Å²) < 4.78 is 0. The molecular weight excluding hydrogens is 334 g/mol. The van der Waals surface area contributed by atoms with Gasteiger partial charge in [-0.1, -0.05) is 25.4 Å². The quantitative estimate of drug-likeness (QED) is 0.780. The number of nitrogens with zero attached hydrogens (tertiary/aromatic N) is 2. The van der Waals surface area contributed by atoms with E-state index in [9.17, 15) is 4.79 Å². The van der Waals surface area contributed by atoms with E-state index in [1.165, 1.54) is 0 Å². The number of H-pyrrole nitrogens is 1. The third-order valence-electron chi connectivity index (χ3n) is 4.70. The van der Waals surface area contributed by atoms with Crippen LogP contribution in [0.2, 0.25) is 5.02 Å². The molecule has 1 atom stereocenters. The number of nitrogens with one attached hydrogen (secondary N) is 1. The van der Waals surface area contributed by atoms with Gasteiger partial charge in [0, 0.05) is 35.3 Å². The minimum Gasteiger partial charge on any atom is -0.297 e. The maximum atomic E-state index is 12.7. The molecule has 0 aliphatic carbocycles. The molecule has 2 aromatic rings. The van der Waals surface area contributed by atoms with Crippen LogP contribution in [0.4, 0.5) is 0 Å². The average molecular weight is 360 g/mol. The molecule has 1 aromatic carbocycles. The Morgan fingerprint density at radius 2 is 2.12 bits per heavy atom. The van der Waals surface area contributed by atoms with E-state index in [1.807, 2.05) is 12.1 Å². The Labute approximate surface area is 154 Å². The van der Waals surface area contributed by atoms with Crippen molar-refractivity contribution in [2.75, 3.05) is 13.1 Å². The first-order valence-corrected chi connectivity index (χ1v) is 9.44. The van der Waals surface area contributed by atoms with Gasteiger partial charge >= 0.3 is 0 Å². The summed E-state index contributed by atoms with van der Waals surface area (Å²) in [6, 6.07) is 9.39. The normalized spacial score (nSPS) is 18.6. The number of hydrogen-bond acceptors (Lipinski definition) is 3. The van der Waals surface area contributed by atoms with Crippen molar-refractivity contribution < 1.29 is 4.79 Å². The molecule has 1 N–H and O–H groups in total. The molecule has 1 saturated heterocycles. The lowest BCUT2D eigenvalue weighted by Gasteiger charge is -2.31. The minimum atomic E-state index is 0.0629. The maximum absolute atomic E-state index is 12.7. The largest absolute Gasteiger partial charge is 0.297 e. The minimum absolute atomic E-state index is 0.0629. The highest BCUT2D eigenvalue weighted by Crippen LogP contribution is 2.23. The molecule has 0 amide bonds. The van der Waals surface area contributed by atoms with Crippen LogP contribution in [0.5, 0.6) is 0 Å². The number of aromatic amines is 1. The van der Waals surface area contributed by atoms with Crippen molar-refractivity contribution >= 4 is 17.4 Å². The smallest absolute Gasteiger partial charge is 0.167 e. The van der Waals surface area contributed by atoms with Crippen molar-refractivity contribution in [3.8, 4) is 0 Å². The topological polar surface area (TPSA) is 49.0 Å². The van der Waals surface area contributed by atoms with E-state index in [4.69, 9.17) is 11.6 Å². The molecule has 3 rings (SSSR count). The Morgan fingerprint density at radius 3 is 2.84 bits per heavy atom. The molecule has 1 fully saturated rings. The van der Waals surface area contributed by atoms with E-state index in [0.29, 0.717) is 10.9 Å². The summed E-state index contributed by atoms with van der Waals surface area (Å²) in [5.41, 5.74) is 3.02. The summed E-state index contributed by atoms with van der Waals surface area (Å²) in [4.78, 5) is 15.1. The van der Waals surface area contributed by atoms with E-state index in [0.717, 1.165) is 55.8 Å². The highest BCUT2D eigenvalue weighted by molar-refractivity contribution is 6.30. The molecule has 25 heavy (non-hydrogen) atoms. The number of ketones is 1. The molecule has 1 aliphatic heterocycles. The van der Waals surface area contributed by atoms with E-state index in [-0.39, 0.29) is 11.7 Å². The molecule has 0 saturated carbocycles. The van der Waals surface area contributed by atoms with E-state index >= 15 is 0 Å². The van der Waals surface area contributed by atoms with Gasteiger partial charge in [-0.15, -0.1) is 0 Å². The molecule has 4 nitrogen and oxygen atoms in total. The number of rotatable bonds is 6. The highest BCUT2D eigenvalue weighted by atomic mass is 35.5. The van der Waals surface area contributed by atoms with Gasteiger partial charge in [0.15, 0.2) is 5.78 Å². The molecule has 134 valence electrons. The lowest BCUT2D eigenvalue weighted by atomic mass is 9.90. The van der Waals surface area contributed by atoms with Crippen molar-refractivity contribution in [3.63, 3.8) is 0 Å². The third kappa shape index (κ3) is 4.93. The van der Waals surface area contributed by atoms with Crippen LogP contribution in [0, 0.1) is 11.8 Å². The number of carbonyl (C=O) groups is 1. The summed E-state index contributed by atoms with van der Waals surface area (Å²) in [6.07, 6.45) is 3.00. The molecule has 5 heteroatoms. The molecule has 0 radical (unpaired) electrons. The van der Waals surface area contributed by atoms with Crippen molar-refractivity contribution in [1.82, 2.24) is 15.1 Å². The predicted octanol–water partition coefficient (Wildman–Crippen LogP) is 4.36. The third-order valence-corrected chi connectivity index (χ3v) is 4.95. The molecule has 0 unspecified atom stereocenters. The highest BCUT2D eigenvalue weighted by Gasteiger charge is 2.26. The van der Waals surface area contributed by atoms with Crippen LogP contribution in [0.3, 0.4) is 0 Å². The first-order valence-electron chi connectivity index (χ1n) is 9.06. The van der Waals surface area contributed by atoms with Crippen LogP contribution >= 0.6 is 11.6 Å². The van der Waals surface area contributed by atoms with Gasteiger partial charge in [0.2, 0.25) is 0 Å². The van der Waals surface area contributed by atoms with Crippen molar-refractivity contribution in [1.29, 1.82) is 0 Å². The lowest BCUT2D eigenvalue weighted by Crippen LogP contribution is -2.38. The Hall–Kier alpha value is -1.65. The zero-order valence-corrected chi connectivity index (χ0v) is 15.7. The fourth-order valence-electron chi connectivity index (χ4n) is 3.52. The van der Waals surface area contributed by atoms with Gasteiger partial charge in [-0.3, -0.25) is 14.8 Å². The predicted molar refractivity (Wildman–Crippen MR) is 101 cm³/mol. The summed E-state index contributed by atoms with van der Waals surface area (Å²) in [6.45, 7) is 7.07. The molecule has 1 aliphatic rings. The molecule has 1 aromatic heterocycles. The van der Waals surface area contributed by atoms with Gasteiger partial charge in [-0.2, -0.15) is 5.10 Å². The first kappa shape index (κ1) is 18.2. The van der Waals surface area contributed by atoms with Crippen molar-refractivity contribution in [2.45, 2.75) is 39.7 Å². The number of piperidine rings is 1. The second-order valence-corrected chi connectivity index (χ2v) is 7.86. The van der Waals surface area contributed by atoms with Crippen LogP contribution < -0.4 is 0 Å². The van der Waals surface area contributed by atoms with E-state index in [2.05, 4.69) is 35.0 Å². The summed E-state index contributed by atoms with van der Waals surface area (Å²) in [5, 5.41) is 8.21. The van der Waals surface area contributed by atoms with Gasteiger partial charge in [-0.25, -0.2) is 0 Å². The number of carbonyl (C=O) groups excluding carboxylic acids is 1. The standard InChI is InChI=1S/C20H26ClN3O/c1-14(2)10-18-11-19(23-22-18)13-24-9-3-4-16(12-24)20(25)15-5-7-17(21)8-6-15/h5-8,11,14,16H,3-4,9-10,12-13H2,1-2H3,(H,22,23)/t16-/m0/s1. The Morgan fingerprint density at radius 1 is 1.36 bits per heavy atom. The number of Topliss-reactive ketones (excluding diaryl/α,β-unsaturated/α-hetero) is 1. The van der Waals surface area contributed by atoms with Gasteiger partial charge in [0.1, 0.15) is 0 Å². The molecular formula is C20H26ClN3O. The Kier molecular flexibility index (Phi) is 5.92. The summed E-state index contributed by atoms with van der Waals surface area (Å²) >= 11 is 5.92.